The third-order valence-corrected chi connectivity index (χ3v) is 5.53. The van der Waals surface area contributed by atoms with Crippen molar-refractivity contribution in [3.63, 3.8) is 0 Å². The molecule has 126 valence electrons. The van der Waals surface area contributed by atoms with Crippen molar-refractivity contribution in [2.24, 2.45) is 11.8 Å². The summed E-state index contributed by atoms with van der Waals surface area (Å²) in [5.41, 5.74) is 0. The Hall–Kier alpha value is -1.13. The van der Waals surface area contributed by atoms with Crippen LogP contribution in [0.3, 0.4) is 0 Å². The van der Waals surface area contributed by atoms with Crippen LogP contribution in [-0.4, -0.2) is 69.2 Å². The van der Waals surface area contributed by atoms with E-state index in [0.29, 0.717) is 27.9 Å². The summed E-state index contributed by atoms with van der Waals surface area (Å²) in [6, 6.07) is 4.33. The van der Waals surface area contributed by atoms with Gasteiger partial charge < -0.3 is 0 Å². The summed E-state index contributed by atoms with van der Waals surface area (Å²) >= 11 is 0.568. The second-order valence-electron chi connectivity index (χ2n) is 5.94. The zero-order valence-corrected chi connectivity index (χ0v) is 15.7. The SMILES string of the molecule is O=C(O)C1CC(Oc2cc[c]([Na])cc2S(=O)(=O)O)CC(C(=O)O)C1. The van der Waals surface area contributed by atoms with Gasteiger partial charge in [-0.05, 0) is 0 Å². The Labute approximate surface area is 156 Å². The molecule has 0 saturated heterocycles. The molecular weight excluding hydrogens is 351 g/mol. The van der Waals surface area contributed by atoms with Gasteiger partial charge in [0.15, 0.2) is 0 Å². The molecule has 0 radical (unpaired) electrons. The van der Waals surface area contributed by atoms with E-state index in [2.05, 4.69) is 0 Å². The zero-order valence-electron chi connectivity index (χ0n) is 12.9. The number of hydrogen-bond donors (Lipinski definition) is 3. The van der Waals surface area contributed by atoms with Crippen LogP contribution in [0.2, 0.25) is 0 Å². The first kappa shape index (κ1) is 19.2. The van der Waals surface area contributed by atoms with Crippen LogP contribution in [0.1, 0.15) is 19.3 Å². The van der Waals surface area contributed by atoms with E-state index < -0.39 is 40.0 Å². The average Bonchev–Trinajstić information content (AvgIpc) is 2.47. The van der Waals surface area contributed by atoms with Crippen molar-refractivity contribution in [1.29, 1.82) is 0 Å². The van der Waals surface area contributed by atoms with Gasteiger partial charge in [-0.1, -0.05) is 0 Å². The number of hydrogen-bond acceptors (Lipinski definition) is 5. The fourth-order valence-electron chi connectivity index (χ4n) is 2.86. The first-order chi connectivity index (χ1) is 11.1. The first-order valence-corrected chi connectivity index (χ1v) is 9.72. The minimum absolute atomic E-state index is 0.00911. The van der Waals surface area contributed by atoms with Gasteiger partial charge in [0.25, 0.3) is 0 Å². The van der Waals surface area contributed by atoms with Crippen LogP contribution >= 0.6 is 0 Å². The molecule has 1 saturated carbocycles. The third kappa shape index (κ3) is 4.70. The summed E-state index contributed by atoms with van der Waals surface area (Å²) in [6.45, 7) is 0. The Balaban J connectivity index is 2.29. The van der Waals surface area contributed by atoms with Crippen LogP contribution in [0.15, 0.2) is 23.1 Å². The van der Waals surface area contributed by atoms with Gasteiger partial charge in [-0.3, -0.25) is 0 Å². The van der Waals surface area contributed by atoms with Gasteiger partial charge in [0.2, 0.25) is 0 Å². The van der Waals surface area contributed by atoms with Gasteiger partial charge in [0.1, 0.15) is 0 Å². The van der Waals surface area contributed by atoms with Gasteiger partial charge in [0.05, 0.1) is 0 Å². The number of benzene rings is 1. The maximum absolute atomic E-state index is 11.5. The number of carboxylic acid groups (broad SMARTS) is 2. The van der Waals surface area contributed by atoms with Crippen LogP contribution in [0, 0.1) is 11.8 Å². The fourth-order valence-corrected chi connectivity index (χ4v) is 4.23. The van der Waals surface area contributed by atoms with Crippen molar-refractivity contribution >= 4 is 52.8 Å². The van der Waals surface area contributed by atoms with E-state index in [-0.39, 0.29) is 29.9 Å². The second kappa shape index (κ2) is 7.40. The molecule has 1 aliphatic rings. The van der Waals surface area contributed by atoms with Crippen molar-refractivity contribution in [1.82, 2.24) is 0 Å². The molecule has 24 heavy (non-hydrogen) atoms. The van der Waals surface area contributed by atoms with Gasteiger partial charge in [-0.2, -0.15) is 0 Å². The molecule has 2 rings (SSSR count). The second-order valence-corrected chi connectivity index (χ2v) is 8.49. The Morgan fingerprint density at radius 3 is 2.08 bits per heavy atom. The van der Waals surface area contributed by atoms with Gasteiger partial charge >= 0.3 is 156 Å². The van der Waals surface area contributed by atoms with Gasteiger partial charge in [-0.15, -0.1) is 0 Å². The molecule has 1 aromatic rings. The minimum atomic E-state index is -4.50. The molecule has 1 aliphatic carbocycles. The molecule has 0 aromatic heterocycles. The molecule has 0 aliphatic heterocycles. The predicted molar refractivity (Wildman–Crippen MR) is 82.2 cm³/mol. The molecular formula is C14H15NaO8S. The number of carboxylic acids is 2. The van der Waals surface area contributed by atoms with E-state index >= 15 is 0 Å². The van der Waals surface area contributed by atoms with Crippen LogP contribution < -0.4 is 7.55 Å². The molecule has 2 unspecified atom stereocenters. The maximum atomic E-state index is 11.5. The molecule has 8 nitrogen and oxygen atoms in total. The van der Waals surface area contributed by atoms with E-state index in [1.807, 2.05) is 0 Å². The van der Waals surface area contributed by atoms with Crippen molar-refractivity contribution in [3.05, 3.63) is 18.2 Å². The molecule has 10 heteroatoms. The number of ether oxygens (including phenoxy) is 1. The van der Waals surface area contributed by atoms with Gasteiger partial charge in [0, 0.05) is 0 Å². The fraction of sp³-hybridized carbons (Fsp3) is 0.429. The standard InChI is InChI=1S/C14H15O8S.Na/c15-13(16)8-5-9(14(17)18)7-10(6-8)22-11-3-1-2-4-12(11)23(19,20)21;/h1,3-4,8-10H,5-7H2,(H,15,16)(H,17,18)(H,19,20,21);. The summed E-state index contributed by atoms with van der Waals surface area (Å²) in [7, 11) is -4.50. The molecule has 1 fully saturated rings. The summed E-state index contributed by atoms with van der Waals surface area (Å²) in [4.78, 5) is 22.0. The zero-order chi connectivity index (χ0) is 18.1. The molecule has 2 atom stereocenters. The third-order valence-electron chi connectivity index (χ3n) is 4.03. The normalized spacial score (nSPS) is 24.4. The number of aliphatic carboxylic acids is 2. The Bertz CT molecular complexity index is 738. The Morgan fingerprint density at radius 2 is 1.62 bits per heavy atom. The van der Waals surface area contributed by atoms with Crippen LogP contribution in [-0.2, 0) is 19.7 Å². The van der Waals surface area contributed by atoms with Crippen LogP contribution in [0.5, 0.6) is 5.75 Å². The van der Waals surface area contributed by atoms with Crippen molar-refractivity contribution in [2.45, 2.75) is 30.3 Å². The topological polar surface area (TPSA) is 138 Å². The van der Waals surface area contributed by atoms with Crippen molar-refractivity contribution < 1.29 is 37.5 Å². The van der Waals surface area contributed by atoms with E-state index in [1.165, 1.54) is 12.1 Å². The summed E-state index contributed by atoms with van der Waals surface area (Å²) in [5.74, 6) is -4.08. The number of rotatable bonds is 5. The average molecular weight is 366 g/mol. The van der Waals surface area contributed by atoms with E-state index in [4.69, 9.17) is 14.9 Å². The van der Waals surface area contributed by atoms with Crippen LogP contribution in [0.25, 0.3) is 0 Å². The predicted octanol–water partition coefficient (Wildman–Crippen LogP) is 0.0600. The molecule has 1 aromatic carbocycles. The van der Waals surface area contributed by atoms with Crippen LogP contribution in [0.4, 0.5) is 0 Å². The van der Waals surface area contributed by atoms with E-state index in [0.717, 1.165) is 2.81 Å². The summed E-state index contributed by atoms with van der Waals surface area (Å²) < 4.78 is 38.6. The summed E-state index contributed by atoms with van der Waals surface area (Å²) in [5, 5.41) is 18.3. The van der Waals surface area contributed by atoms with E-state index in [9.17, 15) is 22.6 Å². The van der Waals surface area contributed by atoms with E-state index in [1.54, 1.807) is 6.07 Å². The first-order valence-electron chi connectivity index (χ1n) is 7.28. The Kier molecular flexibility index (Phi) is 5.92. The summed E-state index contributed by atoms with van der Waals surface area (Å²) in [6.07, 6.45) is -0.601. The van der Waals surface area contributed by atoms with Crippen molar-refractivity contribution in [3.8, 4) is 5.75 Å². The monoisotopic (exact) mass is 366 g/mol. The molecule has 3 N–H and O–H groups in total. The van der Waals surface area contributed by atoms with Crippen molar-refractivity contribution in [2.75, 3.05) is 0 Å². The Morgan fingerprint density at radius 1 is 1.08 bits per heavy atom. The molecule has 0 amide bonds. The molecule has 0 spiro atoms. The molecule has 0 bridgehead atoms. The van der Waals surface area contributed by atoms with Gasteiger partial charge in [-0.25, -0.2) is 0 Å². The quantitative estimate of drug-likeness (QED) is 0.491. The number of carbonyl (C=O) groups is 2. The molecule has 0 heterocycles.